The van der Waals surface area contributed by atoms with E-state index >= 15 is 0 Å². The van der Waals surface area contributed by atoms with Crippen molar-refractivity contribution in [3.63, 3.8) is 0 Å². The van der Waals surface area contributed by atoms with E-state index in [9.17, 15) is 13.2 Å². The van der Waals surface area contributed by atoms with E-state index in [1.807, 2.05) is 38.1 Å². The van der Waals surface area contributed by atoms with Crippen molar-refractivity contribution in [3.8, 4) is 5.75 Å². The second kappa shape index (κ2) is 9.76. The SMILES string of the molecule is Cc1noc(C)c1COc1ccc(CC(=O)Nc2ccc(S(=O)(=O)N3CCCC3)cc2)cc1. The normalized spacial score (nSPS) is 14.4. The molecular weight excluding hydrogens is 442 g/mol. The Morgan fingerprint density at radius 2 is 1.73 bits per heavy atom. The minimum Gasteiger partial charge on any atom is -0.489 e. The number of hydrogen-bond donors (Lipinski definition) is 1. The number of hydrogen-bond acceptors (Lipinski definition) is 6. The van der Waals surface area contributed by atoms with Crippen molar-refractivity contribution < 1.29 is 22.5 Å². The van der Waals surface area contributed by atoms with E-state index in [1.165, 1.54) is 16.4 Å². The number of ether oxygens (including phenoxy) is 1. The van der Waals surface area contributed by atoms with Crippen molar-refractivity contribution in [3.05, 3.63) is 71.1 Å². The van der Waals surface area contributed by atoms with Gasteiger partial charge in [0.05, 0.1) is 22.6 Å². The molecule has 0 unspecified atom stereocenters. The number of benzene rings is 2. The lowest BCUT2D eigenvalue weighted by molar-refractivity contribution is -0.115. The highest BCUT2D eigenvalue weighted by Crippen LogP contribution is 2.23. The molecule has 0 spiro atoms. The number of anilines is 1. The molecule has 1 amide bonds. The molecule has 33 heavy (non-hydrogen) atoms. The molecule has 9 heteroatoms. The molecule has 1 saturated heterocycles. The molecule has 1 aliphatic rings. The third-order valence-corrected chi connectivity index (χ3v) is 7.61. The average Bonchev–Trinajstić information content (AvgIpc) is 3.45. The molecule has 1 aliphatic heterocycles. The van der Waals surface area contributed by atoms with Gasteiger partial charge in [0, 0.05) is 18.8 Å². The van der Waals surface area contributed by atoms with Crippen molar-refractivity contribution in [2.24, 2.45) is 0 Å². The number of amides is 1. The van der Waals surface area contributed by atoms with Crippen LogP contribution in [0.2, 0.25) is 0 Å². The third-order valence-electron chi connectivity index (χ3n) is 5.69. The van der Waals surface area contributed by atoms with Crippen LogP contribution in [0.4, 0.5) is 5.69 Å². The Morgan fingerprint density at radius 1 is 1.06 bits per heavy atom. The van der Waals surface area contributed by atoms with Gasteiger partial charge >= 0.3 is 0 Å². The first kappa shape index (κ1) is 23.0. The number of nitrogens with zero attached hydrogens (tertiary/aromatic N) is 2. The maximum Gasteiger partial charge on any atom is 0.243 e. The number of sulfonamides is 1. The van der Waals surface area contributed by atoms with Gasteiger partial charge in [-0.2, -0.15) is 4.31 Å². The van der Waals surface area contributed by atoms with Crippen LogP contribution in [0.1, 0.15) is 35.4 Å². The summed E-state index contributed by atoms with van der Waals surface area (Å²) in [4.78, 5) is 12.7. The van der Waals surface area contributed by atoms with E-state index in [-0.39, 0.29) is 17.2 Å². The monoisotopic (exact) mass is 469 g/mol. The van der Waals surface area contributed by atoms with Crippen LogP contribution < -0.4 is 10.1 Å². The molecule has 4 rings (SSSR count). The molecule has 1 fully saturated rings. The van der Waals surface area contributed by atoms with Gasteiger partial charge < -0.3 is 14.6 Å². The molecule has 1 N–H and O–H groups in total. The molecule has 0 radical (unpaired) electrons. The lowest BCUT2D eigenvalue weighted by Gasteiger charge is -2.15. The Balaban J connectivity index is 1.30. The first-order valence-electron chi connectivity index (χ1n) is 10.9. The molecule has 0 aliphatic carbocycles. The summed E-state index contributed by atoms with van der Waals surface area (Å²) in [6.07, 6.45) is 1.97. The van der Waals surface area contributed by atoms with Gasteiger partial charge in [-0.05, 0) is 68.7 Å². The molecule has 8 nitrogen and oxygen atoms in total. The zero-order valence-electron chi connectivity index (χ0n) is 18.7. The fourth-order valence-corrected chi connectivity index (χ4v) is 5.26. The Morgan fingerprint density at radius 3 is 2.33 bits per heavy atom. The Hall–Kier alpha value is -3.17. The summed E-state index contributed by atoms with van der Waals surface area (Å²) in [7, 11) is -3.46. The average molecular weight is 470 g/mol. The quantitative estimate of drug-likeness (QED) is 0.538. The molecule has 174 valence electrons. The van der Waals surface area contributed by atoms with E-state index in [4.69, 9.17) is 9.26 Å². The Bertz CT molecular complexity index is 1190. The predicted molar refractivity (Wildman–Crippen MR) is 124 cm³/mol. The lowest BCUT2D eigenvalue weighted by atomic mass is 10.1. The number of carbonyl (C=O) groups is 1. The number of carbonyl (C=O) groups excluding carboxylic acids is 1. The smallest absolute Gasteiger partial charge is 0.243 e. The van der Waals surface area contributed by atoms with E-state index in [0.29, 0.717) is 31.1 Å². The summed E-state index contributed by atoms with van der Waals surface area (Å²) in [5.74, 6) is 1.24. The van der Waals surface area contributed by atoms with Crippen molar-refractivity contribution in [2.75, 3.05) is 18.4 Å². The van der Waals surface area contributed by atoms with Gasteiger partial charge in [0.25, 0.3) is 0 Å². The van der Waals surface area contributed by atoms with E-state index in [1.54, 1.807) is 12.1 Å². The van der Waals surface area contributed by atoms with Gasteiger partial charge in [-0.3, -0.25) is 4.79 Å². The van der Waals surface area contributed by atoms with Gasteiger partial charge in [0.15, 0.2) is 0 Å². The minimum atomic E-state index is -3.46. The first-order chi connectivity index (χ1) is 15.8. The Labute approximate surface area is 193 Å². The highest BCUT2D eigenvalue weighted by molar-refractivity contribution is 7.89. The van der Waals surface area contributed by atoms with Gasteiger partial charge in [-0.1, -0.05) is 17.3 Å². The van der Waals surface area contributed by atoms with Crippen molar-refractivity contribution in [1.82, 2.24) is 9.46 Å². The van der Waals surface area contributed by atoms with E-state index in [2.05, 4.69) is 10.5 Å². The zero-order chi connectivity index (χ0) is 23.4. The summed E-state index contributed by atoms with van der Waals surface area (Å²) in [6.45, 7) is 5.21. The molecule has 0 saturated carbocycles. The van der Waals surface area contributed by atoms with Crippen LogP contribution in [0.25, 0.3) is 0 Å². The Kier molecular flexibility index (Phi) is 6.80. The molecule has 1 aromatic heterocycles. The van der Waals surface area contributed by atoms with Crippen molar-refractivity contribution >= 4 is 21.6 Å². The second-order valence-electron chi connectivity index (χ2n) is 8.10. The van der Waals surface area contributed by atoms with E-state index in [0.717, 1.165) is 35.4 Å². The van der Waals surface area contributed by atoms with Gasteiger partial charge in [0.1, 0.15) is 18.1 Å². The maximum absolute atomic E-state index is 12.6. The lowest BCUT2D eigenvalue weighted by Crippen LogP contribution is -2.27. The number of nitrogens with one attached hydrogen (secondary N) is 1. The molecule has 2 aromatic carbocycles. The zero-order valence-corrected chi connectivity index (χ0v) is 19.5. The molecule has 2 heterocycles. The van der Waals surface area contributed by atoms with Gasteiger partial charge in [0.2, 0.25) is 15.9 Å². The maximum atomic E-state index is 12.6. The number of rotatable bonds is 8. The molecular formula is C24H27N3O5S. The second-order valence-corrected chi connectivity index (χ2v) is 10.0. The highest BCUT2D eigenvalue weighted by Gasteiger charge is 2.26. The topological polar surface area (TPSA) is 102 Å². The van der Waals surface area contributed by atoms with E-state index < -0.39 is 10.0 Å². The fourth-order valence-electron chi connectivity index (χ4n) is 3.75. The molecule has 3 aromatic rings. The molecule has 0 atom stereocenters. The van der Waals surface area contributed by atoms with Crippen LogP contribution in [0.3, 0.4) is 0 Å². The van der Waals surface area contributed by atoms with Crippen LogP contribution in [-0.4, -0.2) is 36.9 Å². The molecule has 0 bridgehead atoms. The summed E-state index contributed by atoms with van der Waals surface area (Å²) >= 11 is 0. The first-order valence-corrected chi connectivity index (χ1v) is 12.3. The third kappa shape index (κ3) is 5.43. The largest absolute Gasteiger partial charge is 0.489 e. The standard InChI is InChI=1S/C24H27N3O5S/c1-17-23(18(2)32-26-17)16-31-21-9-5-19(6-10-21)15-24(28)25-20-7-11-22(12-8-20)33(29,30)27-13-3-4-14-27/h5-12H,3-4,13-16H2,1-2H3,(H,25,28). The van der Waals surface area contributed by atoms with Crippen molar-refractivity contribution in [1.29, 1.82) is 0 Å². The van der Waals surface area contributed by atoms with Gasteiger partial charge in [-0.15, -0.1) is 0 Å². The van der Waals surface area contributed by atoms with Gasteiger partial charge in [-0.25, -0.2) is 8.42 Å². The van der Waals surface area contributed by atoms with Crippen molar-refractivity contribution in [2.45, 2.75) is 44.6 Å². The summed E-state index contributed by atoms with van der Waals surface area (Å²) in [5.41, 5.74) is 3.13. The summed E-state index contributed by atoms with van der Waals surface area (Å²) in [6, 6.07) is 13.6. The minimum absolute atomic E-state index is 0.186. The predicted octanol–water partition coefficient (Wildman–Crippen LogP) is 3.84. The number of aromatic nitrogens is 1. The summed E-state index contributed by atoms with van der Waals surface area (Å²) in [5, 5.41) is 6.73. The highest BCUT2D eigenvalue weighted by atomic mass is 32.2. The van der Waals surface area contributed by atoms with Crippen LogP contribution in [-0.2, 0) is 27.8 Å². The fraction of sp³-hybridized carbons (Fsp3) is 0.333. The van der Waals surface area contributed by atoms with Crippen LogP contribution >= 0.6 is 0 Å². The van der Waals surface area contributed by atoms with Crippen LogP contribution in [0.5, 0.6) is 5.75 Å². The van der Waals surface area contributed by atoms with Crippen LogP contribution in [0.15, 0.2) is 57.9 Å². The number of aryl methyl sites for hydroxylation is 2. The van der Waals surface area contributed by atoms with Crippen LogP contribution in [0, 0.1) is 13.8 Å². The summed E-state index contributed by atoms with van der Waals surface area (Å²) < 4.78 is 37.6.